The minimum atomic E-state index is -0.604. The zero-order chi connectivity index (χ0) is 20.7. The van der Waals surface area contributed by atoms with Crippen LogP contribution in [-0.2, 0) is 6.61 Å². The molecule has 0 atom stereocenters. The highest BCUT2D eigenvalue weighted by Crippen LogP contribution is 2.34. The molecule has 2 heterocycles. The summed E-state index contributed by atoms with van der Waals surface area (Å²) in [6.07, 6.45) is 0. The lowest BCUT2D eigenvalue weighted by atomic mass is 10.1. The first-order chi connectivity index (χ1) is 13.8. The predicted molar refractivity (Wildman–Crippen MR) is 112 cm³/mol. The van der Waals surface area contributed by atoms with Crippen molar-refractivity contribution in [3.63, 3.8) is 0 Å². The molecule has 2 aromatic carbocycles. The van der Waals surface area contributed by atoms with Gasteiger partial charge in [0.1, 0.15) is 23.7 Å². The summed E-state index contributed by atoms with van der Waals surface area (Å²) in [5.41, 5.74) is 1.45. The SMILES string of the molecule is Cc1c(-c2cc3cc(OCc4cc(Cl)cc(Cl)c4)ccc3o2)oc(=O)c(C)c1O. The fraction of sp³-hybridized carbons (Fsp3) is 0.136. The van der Waals surface area contributed by atoms with Gasteiger partial charge >= 0.3 is 5.63 Å². The van der Waals surface area contributed by atoms with Crippen LogP contribution in [0.4, 0.5) is 0 Å². The molecule has 0 bridgehead atoms. The molecule has 1 N–H and O–H groups in total. The zero-order valence-electron chi connectivity index (χ0n) is 15.6. The number of fused-ring (bicyclic) bond motifs is 1. The molecule has 0 radical (unpaired) electrons. The first kappa shape index (κ1) is 19.4. The lowest BCUT2D eigenvalue weighted by molar-refractivity contribution is 0.306. The Morgan fingerprint density at radius 3 is 2.41 bits per heavy atom. The Kier molecular flexibility index (Phi) is 5.03. The number of hydrogen-bond donors (Lipinski definition) is 1. The summed E-state index contributed by atoms with van der Waals surface area (Å²) in [5.74, 6) is 1.08. The summed E-state index contributed by atoms with van der Waals surface area (Å²) < 4.78 is 17.0. The Hall–Kier alpha value is -2.89. The van der Waals surface area contributed by atoms with Crippen molar-refractivity contribution in [1.82, 2.24) is 0 Å². The first-order valence-corrected chi connectivity index (χ1v) is 9.52. The number of ether oxygens (including phenoxy) is 1. The number of aromatic hydroxyl groups is 1. The molecule has 0 spiro atoms. The van der Waals surface area contributed by atoms with E-state index in [4.69, 9.17) is 36.8 Å². The molecule has 0 fully saturated rings. The number of halogens is 2. The van der Waals surface area contributed by atoms with Crippen molar-refractivity contribution < 1.29 is 18.7 Å². The zero-order valence-corrected chi connectivity index (χ0v) is 17.1. The van der Waals surface area contributed by atoms with Gasteiger partial charge in [-0.05, 0) is 61.9 Å². The van der Waals surface area contributed by atoms with Crippen molar-refractivity contribution in [2.45, 2.75) is 20.5 Å². The number of furan rings is 1. The molecule has 2 aromatic heterocycles. The molecule has 148 valence electrons. The molecule has 4 rings (SSSR count). The third-order valence-corrected chi connectivity index (χ3v) is 5.03. The third kappa shape index (κ3) is 3.84. The van der Waals surface area contributed by atoms with Crippen molar-refractivity contribution in [1.29, 1.82) is 0 Å². The predicted octanol–water partition coefficient (Wildman–Crippen LogP) is 6.26. The second-order valence-electron chi connectivity index (χ2n) is 6.69. The smallest absolute Gasteiger partial charge is 0.343 e. The number of hydrogen-bond acceptors (Lipinski definition) is 5. The van der Waals surface area contributed by atoms with Gasteiger partial charge in [0.25, 0.3) is 0 Å². The highest BCUT2D eigenvalue weighted by Gasteiger charge is 2.18. The molecule has 5 nitrogen and oxygen atoms in total. The standard InChI is InChI=1S/C22H16Cl2O5/c1-11-20(25)12(2)22(26)29-21(11)19-8-14-7-17(3-4-18(14)28-19)27-10-13-5-15(23)9-16(24)6-13/h3-9,25H,10H2,1-2H3. The summed E-state index contributed by atoms with van der Waals surface area (Å²) in [4.78, 5) is 11.9. The summed E-state index contributed by atoms with van der Waals surface area (Å²) in [6.45, 7) is 3.47. The molecule has 0 saturated carbocycles. The van der Waals surface area contributed by atoms with Gasteiger partial charge in [-0.15, -0.1) is 0 Å². The van der Waals surface area contributed by atoms with Crippen LogP contribution in [-0.4, -0.2) is 5.11 Å². The van der Waals surface area contributed by atoms with Gasteiger partial charge in [0.2, 0.25) is 0 Å². The summed E-state index contributed by atoms with van der Waals surface area (Å²) in [7, 11) is 0. The van der Waals surface area contributed by atoms with Crippen LogP contribution >= 0.6 is 23.2 Å². The number of benzene rings is 2. The van der Waals surface area contributed by atoms with E-state index >= 15 is 0 Å². The van der Waals surface area contributed by atoms with E-state index in [1.165, 1.54) is 6.92 Å². The van der Waals surface area contributed by atoms with Crippen LogP contribution in [0.3, 0.4) is 0 Å². The minimum Gasteiger partial charge on any atom is -0.507 e. The van der Waals surface area contributed by atoms with Crippen LogP contribution < -0.4 is 10.4 Å². The van der Waals surface area contributed by atoms with Gasteiger partial charge in [-0.25, -0.2) is 4.79 Å². The molecule has 29 heavy (non-hydrogen) atoms. The summed E-state index contributed by atoms with van der Waals surface area (Å²) in [6, 6.07) is 12.3. The van der Waals surface area contributed by atoms with Crippen LogP contribution in [0.5, 0.6) is 11.5 Å². The Bertz CT molecular complexity index is 1270. The van der Waals surface area contributed by atoms with E-state index in [9.17, 15) is 9.90 Å². The van der Waals surface area contributed by atoms with E-state index in [2.05, 4.69) is 0 Å². The molecule has 0 aliphatic rings. The van der Waals surface area contributed by atoms with Crippen LogP contribution in [0.1, 0.15) is 16.7 Å². The molecule has 4 aromatic rings. The fourth-order valence-corrected chi connectivity index (χ4v) is 3.62. The van der Waals surface area contributed by atoms with Crippen LogP contribution in [0.2, 0.25) is 10.0 Å². The summed E-state index contributed by atoms with van der Waals surface area (Å²) >= 11 is 12.0. The van der Waals surface area contributed by atoms with Crippen molar-refractivity contribution >= 4 is 34.2 Å². The van der Waals surface area contributed by atoms with Gasteiger partial charge in [0.05, 0.1) is 5.56 Å². The van der Waals surface area contributed by atoms with Crippen molar-refractivity contribution in [2.75, 3.05) is 0 Å². The van der Waals surface area contributed by atoms with E-state index in [-0.39, 0.29) is 17.1 Å². The topological polar surface area (TPSA) is 72.8 Å². The average Bonchev–Trinajstić information content (AvgIpc) is 3.10. The summed E-state index contributed by atoms with van der Waals surface area (Å²) in [5, 5.41) is 12.0. The fourth-order valence-electron chi connectivity index (χ4n) is 3.05. The lowest BCUT2D eigenvalue weighted by Crippen LogP contribution is -2.05. The van der Waals surface area contributed by atoms with Crippen molar-refractivity contribution in [3.8, 4) is 23.0 Å². The van der Waals surface area contributed by atoms with Crippen LogP contribution in [0.25, 0.3) is 22.5 Å². The molecule has 0 aliphatic carbocycles. The maximum Gasteiger partial charge on any atom is 0.343 e. The highest BCUT2D eigenvalue weighted by atomic mass is 35.5. The van der Waals surface area contributed by atoms with Gasteiger partial charge in [0, 0.05) is 21.0 Å². The maximum absolute atomic E-state index is 11.9. The van der Waals surface area contributed by atoms with Crippen LogP contribution in [0.15, 0.2) is 56.1 Å². The van der Waals surface area contributed by atoms with Gasteiger partial charge in [-0.1, -0.05) is 23.2 Å². The normalized spacial score (nSPS) is 11.2. The molecule has 0 saturated heterocycles. The molecular weight excluding hydrogens is 415 g/mol. The Morgan fingerprint density at radius 2 is 1.69 bits per heavy atom. The van der Waals surface area contributed by atoms with E-state index in [0.29, 0.717) is 39.3 Å². The van der Waals surface area contributed by atoms with Gasteiger partial charge in [0.15, 0.2) is 11.5 Å². The van der Waals surface area contributed by atoms with E-state index in [1.54, 1.807) is 43.3 Å². The maximum atomic E-state index is 11.9. The molecule has 7 heteroatoms. The second-order valence-corrected chi connectivity index (χ2v) is 7.57. The van der Waals surface area contributed by atoms with Gasteiger partial charge in [-0.3, -0.25) is 0 Å². The van der Waals surface area contributed by atoms with Crippen LogP contribution in [0, 0.1) is 13.8 Å². The Balaban J connectivity index is 1.64. The Morgan fingerprint density at radius 1 is 0.966 bits per heavy atom. The average molecular weight is 431 g/mol. The monoisotopic (exact) mass is 430 g/mol. The minimum absolute atomic E-state index is 0.0964. The van der Waals surface area contributed by atoms with Gasteiger partial charge < -0.3 is 18.7 Å². The first-order valence-electron chi connectivity index (χ1n) is 8.77. The van der Waals surface area contributed by atoms with E-state index < -0.39 is 5.63 Å². The largest absolute Gasteiger partial charge is 0.507 e. The third-order valence-electron chi connectivity index (χ3n) is 4.59. The van der Waals surface area contributed by atoms with E-state index in [0.717, 1.165) is 10.9 Å². The van der Waals surface area contributed by atoms with Crippen molar-refractivity contribution in [2.24, 2.45) is 0 Å². The highest BCUT2D eigenvalue weighted by molar-refractivity contribution is 6.34. The number of rotatable bonds is 4. The van der Waals surface area contributed by atoms with Gasteiger partial charge in [-0.2, -0.15) is 0 Å². The van der Waals surface area contributed by atoms with Crippen molar-refractivity contribution in [3.05, 3.63) is 79.6 Å². The molecule has 0 aliphatic heterocycles. The molecule has 0 amide bonds. The quantitative estimate of drug-likeness (QED) is 0.413. The van der Waals surface area contributed by atoms with E-state index in [1.807, 2.05) is 6.07 Å². The lowest BCUT2D eigenvalue weighted by Gasteiger charge is -2.07. The second kappa shape index (κ2) is 7.50. The Labute approximate surface area is 176 Å². The molecular formula is C22H16Cl2O5. The molecule has 0 unspecified atom stereocenters.